The molecule has 0 aliphatic rings. The van der Waals surface area contributed by atoms with Crippen LogP contribution in [-0.4, -0.2) is 37.7 Å². The number of benzene rings is 3. The molecule has 0 radical (unpaired) electrons. The highest BCUT2D eigenvalue weighted by Gasteiger charge is 2.32. The van der Waals surface area contributed by atoms with Crippen molar-refractivity contribution in [3.8, 4) is 22.6 Å². The van der Waals surface area contributed by atoms with E-state index in [4.69, 9.17) is 16.3 Å². The van der Waals surface area contributed by atoms with E-state index < -0.39 is 39.4 Å². The molecule has 4 aromatic rings. The van der Waals surface area contributed by atoms with E-state index in [1.165, 1.54) is 55.0 Å². The molecule has 16 heteroatoms. The van der Waals surface area contributed by atoms with Crippen molar-refractivity contribution in [2.45, 2.75) is 37.6 Å². The molecule has 3 aromatic carbocycles. The summed E-state index contributed by atoms with van der Waals surface area (Å²) >= 11 is 0. The Labute approximate surface area is 260 Å². The van der Waals surface area contributed by atoms with Gasteiger partial charge in [0, 0.05) is 43.8 Å². The van der Waals surface area contributed by atoms with Gasteiger partial charge in [-0.05, 0) is 66.6 Å². The van der Waals surface area contributed by atoms with Gasteiger partial charge in [-0.25, -0.2) is 23.6 Å². The van der Waals surface area contributed by atoms with E-state index in [1.807, 2.05) is 0 Å². The first-order valence-electron chi connectivity index (χ1n) is 13.3. The minimum Gasteiger partial charge on any atom is -0.406 e. The number of ether oxygens (including phenoxy) is 2. The maximum absolute atomic E-state index is 15.3. The number of aryl methyl sites for hydroxylation is 1. The molecule has 246 valence electrons. The van der Waals surface area contributed by atoms with E-state index in [1.54, 1.807) is 0 Å². The van der Waals surface area contributed by atoms with Crippen LogP contribution < -0.4 is 21.3 Å². The van der Waals surface area contributed by atoms with E-state index >= 15 is 4.39 Å². The van der Waals surface area contributed by atoms with E-state index in [-0.39, 0.29) is 56.7 Å². The number of methoxy groups -OCH3 is 1. The Morgan fingerprint density at radius 1 is 1.04 bits per heavy atom. The lowest BCUT2D eigenvalue weighted by molar-refractivity contribution is -0.274. The van der Waals surface area contributed by atoms with E-state index in [2.05, 4.69) is 9.72 Å². The molecule has 0 aliphatic carbocycles. The van der Waals surface area contributed by atoms with Crippen LogP contribution in [0.4, 0.5) is 32.0 Å². The van der Waals surface area contributed by atoms with E-state index in [9.17, 15) is 30.4 Å². The molecule has 0 atom stereocenters. The minimum atomic E-state index is -4.92. The summed E-state index contributed by atoms with van der Waals surface area (Å²) in [6.07, 6.45) is -1.81. The second-order valence-electron chi connectivity index (χ2n) is 10.3. The van der Waals surface area contributed by atoms with Gasteiger partial charge in [-0.15, -0.1) is 13.2 Å². The van der Waals surface area contributed by atoms with Crippen molar-refractivity contribution in [3.05, 3.63) is 95.5 Å². The number of imidazole rings is 1. The smallest absolute Gasteiger partial charge is 0.406 e. The molecule has 1 aromatic heterocycles. The molecule has 4 N–H and O–H groups in total. The number of nitrogens with zero attached hydrogens (tertiary/aromatic N) is 3. The molecule has 0 fully saturated rings. The van der Waals surface area contributed by atoms with Gasteiger partial charge in [-0.1, -0.05) is 6.07 Å². The first-order valence-corrected chi connectivity index (χ1v) is 15.2. The van der Waals surface area contributed by atoms with Crippen LogP contribution in [0.2, 0.25) is 0 Å². The third kappa shape index (κ3) is 7.46. The molecule has 0 unspecified atom stereocenters. The summed E-state index contributed by atoms with van der Waals surface area (Å²) < 4.78 is 117. The van der Waals surface area contributed by atoms with Gasteiger partial charge in [-0.2, -0.15) is 8.78 Å². The van der Waals surface area contributed by atoms with Crippen LogP contribution in [0.1, 0.15) is 29.6 Å². The van der Waals surface area contributed by atoms with Crippen LogP contribution in [-0.2, 0) is 27.1 Å². The highest BCUT2D eigenvalue weighted by Crippen LogP contribution is 2.37. The van der Waals surface area contributed by atoms with Crippen molar-refractivity contribution in [2.24, 2.45) is 11.6 Å². The standard InChI is InChI=1S/C30H29F6N5O4S/c1-17-39-28(29(2,32)33)15-40(17)24-10-7-19(20-11-23(31)22(16-44-3)27(13-20)46(4,42)43)12-25(24)41(38)26(14-37)18-5-8-21(9-6-18)45-30(34,35)36/h5-15H,16,37-38H2,1-4H3/b26-14-. The van der Waals surface area contributed by atoms with Crippen LogP contribution >= 0.6 is 0 Å². The summed E-state index contributed by atoms with van der Waals surface area (Å²) in [6.45, 7) is 1.85. The zero-order chi connectivity index (χ0) is 34.2. The molecule has 0 aliphatic heterocycles. The number of nitrogens with two attached hydrogens (primary N) is 2. The Morgan fingerprint density at radius 2 is 1.70 bits per heavy atom. The van der Waals surface area contributed by atoms with Crippen LogP contribution in [0.5, 0.6) is 5.75 Å². The van der Waals surface area contributed by atoms with Crippen LogP contribution in [0.15, 0.2) is 71.9 Å². The van der Waals surface area contributed by atoms with Crippen molar-refractivity contribution < 1.29 is 44.2 Å². The van der Waals surface area contributed by atoms with Gasteiger partial charge in [-0.3, -0.25) is 5.01 Å². The number of aromatic nitrogens is 2. The van der Waals surface area contributed by atoms with Crippen LogP contribution in [0, 0.1) is 12.7 Å². The normalized spacial score (nSPS) is 12.8. The molecule has 0 bridgehead atoms. The highest BCUT2D eigenvalue weighted by atomic mass is 32.2. The lowest BCUT2D eigenvalue weighted by Crippen LogP contribution is -2.31. The monoisotopic (exact) mass is 669 g/mol. The Kier molecular flexibility index (Phi) is 9.47. The molecule has 1 heterocycles. The topological polar surface area (TPSA) is 126 Å². The van der Waals surface area contributed by atoms with Gasteiger partial charge in [0.1, 0.15) is 23.1 Å². The Morgan fingerprint density at radius 3 is 2.22 bits per heavy atom. The number of anilines is 1. The summed E-state index contributed by atoms with van der Waals surface area (Å²) in [6, 6.07) is 11.4. The predicted molar refractivity (Wildman–Crippen MR) is 159 cm³/mol. The summed E-state index contributed by atoms with van der Waals surface area (Å²) in [7, 11) is -2.63. The molecule has 0 saturated carbocycles. The second-order valence-corrected chi connectivity index (χ2v) is 12.3. The zero-order valence-corrected chi connectivity index (χ0v) is 25.7. The second kappa shape index (κ2) is 12.7. The number of halogens is 6. The maximum atomic E-state index is 15.3. The van der Waals surface area contributed by atoms with Crippen molar-refractivity contribution in [1.29, 1.82) is 0 Å². The van der Waals surface area contributed by atoms with Crippen molar-refractivity contribution >= 4 is 21.2 Å². The van der Waals surface area contributed by atoms with Crippen molar-refractivity contribution in [1.82, 2.24) is 9.55 Å². The summed E-state index contributed by atoms with van der Waals surface area (Å²) in [5.41, 5.74) is 6.22. The quantitative estimate of drug-likeness (QED) is 0.117. The average molecular weight is 670 g/mol. The Balaban J connectivity index is 1.92. The van der Waals surface area contributed by atoms with Crippen molar-refractivity contribution in [2.75, 3.05) is 18.4 Å². The fourth-order valence-electron chi connectivity index (χ4n) is 4.69. The average Bonchev–Trinajstić information content (AvgIpc) is 3.35. The fraction of sp³-hybridized carbons (Fsp3) is 0.233. The number of rotatable bonds is 10. The molecular weight excluding hydrogens is 640 g/mol. The molecule has 0 amide bonds. The Hall–Kier alpha value is -4.54. The number of sulfone groups is 1. The third-order valence-electron chi connectivity index (χ3n) is 6.80. The number of hydrazine groups is 1. The van der Waals surface area contributed by atoms with Gasteiger partial charge < -0.3 is 19.8 Å². The van der Waals surface area contributed by atoms with Crippen LogP contribution in [0.3, 0.4) is 0 Å². The largest absolute Gasteiger partial charge is 0.573 e. The third-order valence-corrected chi connectivity index (χ3v) is 7.97. The lowest BCUT2D eigenvalue weighted by Gasteiger charge is -2.26. The van der Waals surface area contributed by atoms with E-state index in [0.29, 0.717) is 6.92 Å². The summed E-state index contributed by atoms with van der Waals surface area (Å²) in [5.74, 6) is 2.07. The molecular formula is C30H29F6N5O4S. The first-order chi connectivity index (χ1) is 21.3. The fourth-order valence-corrected chi connectivity index (χ4v) is 5.64. The van der Waals surface area contributed by atoms with Crippen molar-refractivity contribution in [3.63, 3.8) is 0 Å². The summed E-state index contributed by atoms with van der Waals surface area (Å²) in [5, 5.41) is 1.05. The highest BCUT2D eigenvalue weighted by molar-refractivity contribution is 7.90. The maximum Gasteiger partial charge on any atom is 0.573 e. The predicted octanol–water partition coefficient (Wildman–Crippen LogP) is 6.18. The molecule has 9 nitrogen and oxygen atoms in total. The summed E-state index contributed by atoms with van der Waals surface area (Å²) in [4.78, 5) is 3.66. The first kappa shape index (κ1) is 34.3. The molecule has 0 spiro atoms. The molecule has 4 rings (SSSR count). The SMILES string of the molecule is COCc1c(F)cc(-c2ccc(-n3cc(C(C)(F)F)nc3C)c(N(N)/C(=C\N)c3ccc(OC(F)(F)F)cc3)c2)cc1S(C)(=O)=O. The van der Waals surface area contributed by atoms with Gasteiger partial charge in [0.25, 0.3) is 5.92 Å². The van der Waals surface area contributed by atoms with Crippen LogP contribution in [0.25, 0.3) is 22.5 Å². The van der Waals surface area contributed by atoms with E-state index in [0.717, 1.165) is 41.9 Å². The molecule has 46 heavy (non-hydrogen) atoms. The van der Waals surface area contributed by atoms with Gasteiger partial charge >= 0.3 is 6.36 Å². The zero-order valence-electron chi connectivity index (χ0n) is 24.9. The Bertz CT molecular complexity index is 1890. The van der Waals surface area contributed by atoms with Gasteiger partial charge in [0.05, 0.1) is 28.6 Å². The number of hydrogen-bond donors (Lipinski definition) is 2. The van der Waals surface area contributed by atoms with Gasteiger partial charge in [0.15, 0.2) is 9.84 Å². The number of alkyl halides is 5. The van der Waals surface area contributed by atoms with Gasteiger partial charge in [0.2, 0.25) is 0 Å². The number of hydrogen-bond acceptors (Lipinski definition) is 8. The minimum absolute atomic E-state index is 0.0641. The molecule has 0 saturated heterocycles. The lowest BCUT2D eigenvalue weighted by atomic mass is 10.0.